The van der Waals surface area contributed by atoms with Gasteiger partial charge >= 0.3 is 5.97 Å². The second-order valence-corrected chi connectivity index (χ2v) is 6.61. The summed E-state index contributed by atoms with van der Waals surface area (Å²) in [6.07, 6.45) is 20.4. The second-order valence-electron chi connectivity index (χ2n) is 6.61. The third kappa shape index (κ3) is 19.1. The zero-order valence-electron chi connectivity index (χ0n) is 15.1. The summed E-state index contributed by atoms with van der Waals surface area (Å²) >= 11 is 0. The molecule has 23 heavy (non-hydrogen) atoms. The van der Waals surface area contributed by atoms with Crippen LogP contribution in [0.3, 0.4) is 0 Å². The lowest BCUT2D eigenvalue weighted by molar-refractivity contribution is -0.137. The van der Waals surface area contributed by atoms with E-state index in [1.165, 1.54) is 64.2 Å². The Balaban J connectivity index is 3.25. The molecule has 3 heteroatoms. The second kappa shape index (κ2) is 17.5. The van der Waals surface area contributed by atoms with Crippen molar-refractivity contribution in [1.29, 1.82) is 0 Å². The number of hydrogen-bond acceptors (Lipinski definition) is 2. The topological polar surface area (TPSA) is 57.5 Å². The quantitative estimate of drug-likeness (QED) is 0.260. The van der Waals surface area contributed by atoms with Crippen molar-refractivity contribution in [2.45, 2.75) is 109 Å². The van der Waals surface area contributed by atoms with Crippen LogP contribution in [-0.4, -0.2) is 22.3 Å². The molecule has 0 aliphatic rings. The molecule has 0 saturated heterocycles. The molecular formula is C20H38O3. The zero-order chi connectivity index (χ0) is 17.2. The molecule has 0 rings (SSSR count). The van der Waals surface area contributed by atoms with Crippen molar-refractivity contribution in [2.24, 2.45) is 0 Å². The lowest BCUT2D eigenvalue weighted by Crippen LogP contribution is -2.02. The maximum Gasteiger partial charge on any atom is 0.303 e. The van der Waals surface area contributed by atoms with Gasteiger partial charge in [0.05, 0.1) is 6.10 Å². The fraction of sp³-hybridized carbons (Fsp3) is 0.850. The number of hydrogen-bond donors (Lipinski definition) is 2. The number of carbonyl (C=O) groups is 1. The maximum absolute atomic E-state index is 10.4. The summed E-state index contributed by atoms with van der Waals surface area (Å²) in [6, 6.07) is 0. The highest BCUT2D eigenvalue weighted by atomic mass is 16.4. The first-order valence-electron chi connectivity index (χ1n) is 9.73. The highest BCUT2D eigenvalue weighted by Crippen LogP contribution is 2.12. The molecule has 0 amide bonds. The van der Waals surface area contributed by atoms with Crippen molar-refractivity contribution in [2.75, 3.05) is 0 Å². The van der Waals surface area contributed by atoms with E-state index in [0.29, 0.717) is 12.8 Å². The Bertz CT molecular complexity index is 287. The molecule has 0 saturated carbocycles. The van der Waals surface area contributed by atoms with Gasteiger partial charge in [0.2, 0.25) is 0 Å². The maximum atomic E-state index is 10.4. The standard InChI is InChI=1S/C20H38O3/c1-2-3-4-5-6-7-8-9-10-11-12-13-16-19(21)17-14-15-18-20(22)23/h13,16,19,21H,2-12,14-15,17-18H2,1H3,(H,22,23)/t19-/m1/s1. The van der Waals surface area contributed by atoms with E-state index in [4.69, 9.17) is 5.11 Å². The molecule has 0 aromatic heterocycles. The Morgan fingerprint density at radius 2 is 1.43 bits per heavy atom. The van der Waals surface area contributed by atoms with Gasteiger partial charge in [0.15, 0.2) is 0 Å². The molecule has 0 aliphatic heterocycles. The molecule has 0 unspecified atom stereocenters. The average molecular weight is 327 g/mol. The lowest BCUT2D eigenvalue weighted by atomic mass is 10.1. The van der Waals surface area contributed by atoms with E-state index in [9.17, 15) is 9.90 Å². The van der Waals surface area contributed by atoms with Crippen LogP contribution in [0.5, 0.6) is 0 Å². The van der Waals surface area contributed by atoms with Gasteiger partial charge in [-0.05, 0) is 32.1 Å². The van der Waals surface area contributed by atoms with Gasteiger partial charge in [-0.1, -0.05) is 76.9 Å². The van der Waals surface area contributed by atoms with Crippen LogP contribution in [0.1, 0.15) is 103 Å². The van der Waals surface area contributed by atoms with Crippen molar-refractivity contribution in [3.8, 4) is 0 Å². The molecule has 2 N–H and O–H groups in total. The van der Waals surface area contributed by atoms with Crippen molar-refractivity contribution < 1.29 is 15.0 Å². The first kappa shape index (κ1) is 22.2. The predicted octanol–water partition coefficient (Wildman–Crippen LogP) is 5.86. The van der Waals surface area contributed by atoms with Crippen LogP contribution < -0.4 is 0 Å². The molecule has 0 spiro atoms. The molecule has 1 atom stereocenters. The van der Waals surface area contributed by atoms with Crippen LogP contribution in [0.15, 0.2) is 12.2 Å². The SMILES string of the molecule is CCCCCCCCCCCCC=C[C@@H](O)CCCCC(=O)O. The third-order valence-electron chi connectivity index (χ3n) is 4.22. The average Bonchev–Trinajstić information content (AvgIpc) is 2.52. The minimum atomic E-state index is -0.754. The van der Waals surface area contributed by atoms with E-state index in [2.05, 4.69) is 13.0 Å². The number of aliphatic carboxylic acids is 1. The molecule has 0 aromatic rings. The summed E-state index contributed by atoms with van der Waals surface area (Å²) in [5, 5.41) is 18.3. The first-order valence-corrected chi connectivity index (χ1v) is 9.73. The van der Waals surface area contributed by atoms with E-state index in [1.807, 2.05) is 6.08 Å². The fourth-order valence-corrected chi connectivity index (χ4v) is 2.73. The van der Waals surface area contributed by atoms with Crippen molar-refractivity contribution >= 4 is 5.97 Å². The van der Waals surface area contributed by atoms with Gasteiger partial charge < -0.3 is 10.2 Å². The first-order chi connectivity index (χ1) is 11.2. The van der Waals surface area contributed by atoms with Gasteiger partial charge in [-0.2, -0.15) is 0 Å². The van der Waals surface area contributed by atoms with Crippen LogP contribution in [0, 0.1) is 0 Å². The fourth-order valence-electron chi connectivity index (χ4n) is 2.73. The van der Waals surface area contributed by atoms with Crippen LogP contribution in [0.25, 0.3) is 0 Å². The Kier molecular flexibility index (Phi) is 16.9. The molecule has 0 radical (unpaired) electrons. The molecule has 0 bridgehead atoms. The number of aliphatic hydroxyl groups is 1. The normalized spacial score (nSPS) is 12.8. The molecule has 0 aliphatic carbocycles. The van der Waals surface area contributed by atoms with Gasteiger partial charge in [-0.3, -0.25) is 4.79 Å². The summed E-state index contributed by atoms with van der Waals surface area (Å²) < 4.78 is 0. The van der Waals surface area contributed by atoms with Crippen LogP contribution >= 0.6 is 0 Å². The summed E-state index contributed by atoms with van der Waals surface area (Å²) in [7, 11) is 0. The Hall–Kier alpha value is -0.830. The third-order valence-corrected chi connectivity index (χ3v) is 4.22. The van der Waals surface area contributed by atoms with Gasteiger partial charge in [0, 0.05) is 6.42 Å². The zero-order valence-corrected chi connectivity index (χ0v) is 15.1. The number of allylic oxidation sites excluding steroid dienone is 1. The minimum absolute atomic E-state index is 0.203. The molecule has 0 fully saturated rings. The van der Waals surface area contributed by atoms with Crippen LogP contribution in [0.4, 0.5) is 0 Å². The van der Waals surface area contributed by atoms with Gasteiger partial charge in [-0.25, -0.2) is 0 Å². The highest BCUT2D eigenvalue weighted by molar-refractivity contribution is 5.66. The smallest absolute Gasteiger partial charge is 0.303 e. The van der Waals surface area contributed by atoms with E-state index in [-0.39, 0.29) is 6.42 Å². The number of aliphatic hydroxyl groups excluding tert-OH is 1. The van der Waals surface area contributed by atoms with Gasteiger partial charge in [0.25, 0.3) is 0 Å². The lowest BCUT2D eigenvalue weighted by Gasteiger charge is -2.04. The van der Waals surface area contributed by atoms with E-state index < -0.39 is 12.1 Å². The largest absolute Gasteiger partial charge is 0.481 e. The Morgan fingerprint density at radius 3 is 2.00 bits per heavy atom. The number of unbranched alkanes of at least 4 members (excludes halogenated alkanes) is 11. The predicted molar refractivity (Wildman–Crippen MR) is 97.7 cm³/mol. The van der Waals surface area contributed by atoms with Gasteiger partial charge in [-0.15, -0.1) is 0 Å². The minimum Gasteiger partial charge on any atom is -0.481 e. The molecule has 0 heterocycles. The molecular weight excluding hydrogens is 288 g/mol. The number of rotatable bonds is 17. The van der Waals surface area contributed by atoms with E-state index in [0.717, 1.165) is 12.8 Å². The Labute approximate surface area is 143 Å². The van der Waals surface area contributed by atoms with Crippen LogP contribution in [-0.2, 0) is 4.79 Å². The summed E-state index contributed by atoms with van der Waals surface area (Å²) in [6.45, 7) is 2.26. The van der Waals surface area contributed by atoms with Crippen molar-refractivity contribution in [3.63, 3.8) is 0 Å². The van der Waals surface area contributed by atoms with Crippen molar-refractivity contribution in [3.05, 3.63) is 12.2 Å². The highest BCUT2D eigenvalue weighted by Gasteiger charge is 2.01. The summed E-state index contributed by atoms with van der Waals surface area (Å²) in [5.41, 5.74) is 0. The van der Waals surface area contributed by atoms with Crippen molar-refractivity contribution in [1.82, 2.24) is 0 Å². The monoisotopic (exact) mass is 326 g/mol. The molecule has 136 valence electrons. The van der Waals surface area contributed by atoms with E-state index >= 15 is 0 Å². The summed E-state index contributed by atoms with van der Waals surface area (Å²) in [5.74, 6) is -0.754. The van der Waals surface area contributed by atoms with Crippen LogP contribution in [0.2, 0.25) is 0 Å². The summed E-state index contributed by atoms with van der Waals surface area (Å²) in [4.78, 5) is 10.4. The number of carboxylic acids is 1. The Morgan fingerprint density at radius 1 is 0.870 bits per heavy atom. The van der Waals surface area contributed by atoms with Gasteiger partial charge in [0.1, 0.15) is 0 Å². The van der Waals surface area contributed by atoms with E-state index in [1.54, 1.807) is 0 Å². The number of carboxylic acid groups (broad SMARTS) is 1. The molecule has 0 aromatic carbocycles. The molecule has 3 nitrogen and oxygen atoms in total.